The van der Waals surface area contributed by atoms with Crippen molar-refractivity contribution in [1.29, 1.82) is 0 Å². The van der Waals surface area contributed by atoms with Crippen LogP contribution in [0, 0.1) is 0 Å². The van der Waals surface area contributed by atoms with E-state index in [9.17, 15) is 19.2 Å². The molecule has 0 heterocycles. The van der Waals surface area contributed by atoms with Crippen LogP contribution >= 0.6 is 0 Å². The highest BCUT2D eigenvalue weighted by atomic mass is 16.2. The molecular formula is C28H44N2O4. The fourth-order valence-electron chi connectivity index (χ4n) is 3.88. The van der Waals surface area contributed by atoms with Gasteiger partial charge in [0.25, 0.3) is 11.8 Å². The molecule has 0 saturated carbocycles. The normalized spacial score (nSPS) is 10.6. The minimum absolute atomic E-state index is 0.0941. The van der Waals surface area contributed by atoms with Crippen molar-refractivity contribution in [2.75, 3.05) is 0 Å². The van der Waals surface area contributed by atoms with Gasteiger partial charge in [0, 0.05) is 12.8 Å². The van der Waals surface area contributed by atoms with Crippen LogP contribution in [0.15, 0.2) is 24.3 Å². The summed E-state index contributed by atoms with van der Waals surface area (Å²) < 4.78 is 0. The average Bonchev–Trinajstić information content (AvgIpc) is 2.82. The Morgan fingerprint density at radius 2 is 0.853 bits per heavy atom. The molecule has 0 spiro atoms. The highest BCUT2D eigenvalue weighted by Gasteiger charge is 2.19. The van der Waals surface area contributed by atoms with Gasteiger partial charge in [-0.1, -0.05) is 103 Å². The molecule has 190 valence electrons. The lowest BCUT2D eigenvalue weighted by molar-refractivity contribution is -0.121. The number of carbonyl (C=O) groups is 4. The molecule has 6 heteroatoms. The third-order valence-corrected chi connectivity index (χ3v) is 5.94. The van der Waals surface area contributed by atoms with Crippen LogP contribution in [0.2, 0.25) is 0 Å². The minimum atomic E-state index is -0.613. The van der Waals surface area contributed by atoms with Crippen molar-refractivity contribution in [1.82, 2.24) is 10.6 Å². The van der Waals surface area contributed by atoms with Crippen molar-refractivity contribution >= 4 is 23.6 Å². The lowest BCUT2D eigenvalue weighted by Gasteiger charge is -2.10. The van der Waals surface area contributed by atoms with E-state index in [0.717, 1.165) is 38.5 Å². The van der Waals surface area contributed by atoms with Gasteiger partial charge in [-0.3, -0.25) is 29.8 Å². The third-order valence-electron chi connectivity index (χ3n) is 5.94. The molecule has 0 bridgehead atoms. The number of unbranched alkanes of at least 4 members (excludes halogenated alkanes) is 12. The van der Waals surface area contributed by atoms with Gasteiger partial charge in [-0.15, -0.1) is 0 Å². The second kappa shape index (κ2) is 18.9. The first-order valence-electron chi connectivity index (χ1n) is 13.3. The van der Waals surface area contributed by atoms with Gasteiger partial charge >= 0.3 is 0 Å². The first kappa shape index (κ1) is 29.5. The quantitative estimate of drug-likeness (QED) is 0.239. The van der Waals surface area contributed by atoms with Crippen molar-refractivity contribution in [2.24, 2.45) is 0 Å². The monoisotopic (exact) mass is 472 g/mol. The van der Waals surface area contributed by atoms with Crippen LogP contribution in [-0.4, -0.2) is 23.6 Å². The first-order chi connectivity index (χ1) is 16.5. The number of hydrogen-bond acceptors (Lipinski definition) is 4. The summed E-state index contributed by atoms with van der Waals surface area (Å²) >= 11 is 0. The molecule has 2 N–H and O–H groups in total. The van der Waals surface area contributed by atoms with Gasteiger partial charge in [-0.05, 0) is 25.0 Å². The number of carbonyl (C=O) groups excluding carboxylic acids is 4. The maximum absolute atomic E-state index is 12.6. The number of rotatable bonds is 18. The maximum Gasteiger partial charge on any atom is 0.258 e. The summed E-state index contributed by atoms with van der Waals surface area (Å²) in [6.45, 7) is 4.36. The smallest absolute Gasteiger partial charge is 0.258 e. The number of benzene rings is 1. The van der Waals surface area contributed by atoms with E-state index in [4.69, 9.17) is 0 Å². The van der Waals surface area contributed by atoms with Gasteiger partial charge < -0.3 is 0 Å². The van der Waals surface area contributed by atoms with E-state index in [2.05, 4.69) is 24.5 Å². The van der Waals surface area contributed by atoms with Crippen LogP contribution in [0.5, 0.6) is 0 Å². The summed E-state index contributed by atoms with van der Waals surface area (Å²) in [6, 6.07) is 6.25. The van der Waals surface area contributed by atoms with E-state index in [1.165, 1.54) is 63.5 Å². The number of imide groups is 2. The second-order valence-electron chi connectivity index (χ2n) is 9.04. The molecule has 0 atom stereocenters. The van der Waals surface area contributed by atoms with Gasteiger partial charge in [0.15, 0.2) is 0 Å². The van der Waals surface area contributed by atoms with E-state index in [1.54, 1.807) is 12.1 Å². The van der Waals surface area contributed by atoms with Crippen molar-refractivity contribution < 1.29 is 19.2 Å². The molecule has 0 saturated heterocycles. The first-order valence-corrected chi connectivity index (χ1v) is 13.3. The fraction of sp³-hybridized carbons (Fsp3) is 0.643. The summed E-state index contributed by atoms with van der Waals surface area (Å²) in [4.78, 5) is 49.5. The summed E-state index contributed by atoms with van der Waals surface area (Å²) in [5.74, 6) is -1.91. The highest BCUT2D eigenvalue weighted by molar-refractivity contribution is 6.14. The van der Waals surface area contributed by atoms with E-state index < -0.39 is 11.8 Å². The summed E-state index contributed by atoms with van der Waals surface area (Å²) in [5.41, 5.74) is 0.188. The molecule has 1 aromatic carbocycles. The number of nitrogens with one attached hydrogen (secondary N) is 2. The second-order valence-corrected chi connectivity index (χ2v) is 9.04. The predicted molar refractivity (Wildman–Crippen MR) is 137 cm³/mol. The van der Waals surface area contributed by atoms with Crippen molar-refractivity contribution in [3.05, 3.63) is 35.4 Å². The molecule has 1 aromatic rings. The Labute approximate surface area is 205 Å². The standard InChI is InChI=1S/C28H44N2O4/c1-3-5-7-9-11-13-15-21-25(31)29-27(33)23-19-17-18-20-24(23)28(34)30-26(32)22-16-14-12-10-8-6-4-2/h17-20H,3-16,21-22H2,1-2H3,(H,29,31,33)(H,30,32,34). The topological polar surface area (TPSA) is 92.3 Å². The number of hydrogen-bond donors (Lipinski definition) is 2. The van der Waals surface area contributed by atoms with E-state index in [1.807, 2.05) is 0 Å². The predicted octanol–water partition coefficient (Wildman–Crippen LogP) is 6.48. The Morgan fingerprint density at radius 1 is 0.529 bits per heavy atom. The van der Waals surface area contributed by atoms with E-state index >= 15 is 0 Å². The van der Waals surface area contributed by atoms with Crippen LogP contribution < -0.4 is 10.6 Å². The Bertz CT molecular complexity index is 698. The summed E-state index contributed by atoms with van der Waals surface area (Å²) in [5, 5.41) is 4.75. The Morgan fingerprint density at radius 3 is 1.21 bits per heavy atom. The average molecular weight is 473 g/mol. The molecule has 4 amide bonds. The molecule has 6 nitrogen and oxygen atoms in total. The largest absolute Gasteiger partial charge is 0.292 e. The Balaban J connectivity index is 2.42. The molecule has 0 aromatic heterocycles. The molecule has 0 unspecified atom stereocenters. The summed E-state index contributed by atoms with van der Waals surface area (Å²) in [7, 11) is 0. The van der Waals surface area contributed by atoms with Crippen LogP contribution in [0.4, 0.5) is 0 Å². The van der Waals surface area contributed by atoms with Gasteiger partial charge in [0.2, 0.25) is 11.8 Å². The zero-order chi connectivity index (χ0) is 25.0. The number of amides is 4. The van der Waals surface area contributed by atoms with Crippen molar-refractivity contribution in [3.8, 4) is 0 Å². The highest BCUT2D eigenvalue weighted by Crippen LogP contribution is 2.12. The minimum Gasteiger partial charge on any atom is -0.292 e. The summed E-state index contributed by atoms with van der Waals surface area (Å²) in [6.07, 6.45) is 15.8. The molecule has 0 fully saturated rings. The zero-order valence-electron chi connectivity index (χ0n) is 21.3. The Hall–Kier alpha value is -2.50. The van der Waals surface area contributed by atoms with Gasteiger partial charge in [-0.2, -0.15) is 0 Å². The zero-order valence-corrected chi connectivity index (χ0v) is 21.3. The van der Waals surface area contributed by atoms with Crippen molar-refractivity contribution in [2.45, 2.75) is 117 Å². The SMILES string of the molecule is CCCCCCCCCC(=O)NC(=O)c1ccccc1C(=O)NC(=O)CCCCCCCCC. The van der Waals surface area contributed by atoms with Gasteiger partial charge in [0.05, 0.1) is 11.1 Å². The van der Waals surface area contributed by atoms with E-state index in [0.29, 0.717) is 0 Å². The fourth-order valence-corrected chi connectivity index (χ4v) is 3.88. The Kier molecular flexibility index (Phi) is 16.4. The molecule has 0 aliphatic rings. The van der Waals surface area contributed by atoms with E-state index in [-0.39, 0.29) is 35.8 Å². The lowest BCUT2D eigenvalue weighted by atomic mass is 10.1. The third kappa shape index (κ3) is 13.3. The van der Waals surface area contributed by atoms with Crippen LogP contribution in [0.1, 0.15) is 137 Å². The molecule has 0 radical (unpaired) electrons. The lowest BCUT2D eigenvalue weighted by Crippen LogP contribution is -2.35. The molecule has 34 heavy (non-hydrogen) atoms. The van der Waals surface area contributed by atoms with Gasteiger partial charge in [-0.25, -0.2) is 0 Å². The molecule has 1 rings (SSSR count). The molecule has 0 aliphatic heterocycles. The van der Waals surface area contributed by atoms with Crippen LogP contribution in [0.25, 0.3) is 0 Å². The van der Waals surface area contributed by atoms with Crippen LogP contribution in [-0.2, 0) is 9.59 Å². The maximum atomic E-state index is 12.6. The molecular weight excluding hydrogens is 428 g/mol. The van der Waals surface area contributed by atoms with Crippen molar-refractivity contribution in [3.63, 3.8) is 0 Å². The molecule has 0 aliphatic carbocycles. The van der Waals surface area contributed by atoms with Gasteiger partial charge in [0.1, 0.15) is 0 Å². The van der Waals surface area contributed by atoms with Crippen LogP contribution in [0.3, 0.4) is 0 Å².